The minimum atomic E-state index is -4.28. The van der Waals surface area contributed by atoms with Crippen LogP contribution < -0.4 is 15.2 Å². The molecule has 190 valence electrons. The maximum absolute atomic E-state index is 13.3. The van der Waals surface area contributed by atoms with E-state index in [2.05, 4.69) is 14.7 Å². The van der Waals surface area contributed by atoms with Crippen LogP contribution in [0.3, 0.4) is 0 Å². The number of rotatable bonds is 8. The first-order chi connectivity index (χ1) is 17.6. The topological polar surface area (TPSA) is 124 Å². The Bertz CT molecular complexity index is 1530. The molecule has 0 unspecified atom stereocenters. The molecule has 8 nitrogen and oxygen atoms in total. The summed E-state index contributed by atoms with van der Waals surface area (Å²) >= 11 is 0. The van der Waals surface area contributed by atoms with Crippen molar-refractivity contribution in [1.82, 2.24) is 14.7 Å². The predicted octanol–water partition coefficient (Wildman–Crippen LogP) is 4.68. The number of aromatic nitrogens is 2. The van der Waals surface area contributed by atoms with Gasteiger partial charge < -0.3 is 10.5 Å². The molecule has 1 amide bonds. The molecule has 4 rings (SSSR count). The highest BCUT2D eigenvalue weighted by molar-refractivity contribution is 7.90. The van der Waals surface area contributed by atoms with Crippen LogP contribution in [0.5, 0.6) is 11.6 Å². The average Bonchev–Trinajstić information content (AvgIpc) is 2.85. The van der Waals surface area contributed by atoms with Crippen LogP contribution in [-0.4, -0.2) is 24.3 Å². The van der Waals surface area contributed by atoms with Gasteiger partial charge in [-0.25, -0.2) is 14.7 Å². The zero-order valence-electron chi connectivity index (χ0n) is 20.9. The summed E-state index contributed by atoms with van der Waals surface area (Å²) in [7, 11) is -4.28. The fourth-order valence-electron chi connectivity index (χ4n) is 4.04. The second kappa shape index (κ2) is 10.8. The number of pyridine rings is 2. The van der Waals surface area contributed by atoms with Gasteiger partial charge in [-0.1, -0.05) is 54.1 Å². The lowest BCUT2D eigenvalue weighted by Gasteiger charge is -2.16. The van der Waals surface area contributed by atoms with E-state index in [0.29, 0.717) is 12.2 Å². The zero-order chi connectivity index (χ0) is 26.6. The van der Waals surface area contributed by atoms with Gasteiger partial charge >= 0.3 is 0 Å². The van der Waals surface area contributed by atoms with E-state index in [1.165, 1.54) is 18.2 Å². The number of carbonyl (C=O) groups is 1. The van der Waals surface area contributed by atoms with Crippen molar-refractivity contribution < 1.29 is 17.9 Å². The lowest BCUT2D eigenvalue weighted by Crippen LogP contribution is -2.31. The molecule has 2 aromatic heterocycles. The van der Waals surface area contributed by atoms with Gasteiger partial charge in [0.25, 0.3) is 15.9 Å². The molecule has 37 heavy (non-hydrogen) atoms. The number of hydrogen-bond donors (Lipinski definition) is 2. The average molecular weight is 517 g/mol. The van der Waals surface area contributed by atoms with E-state index < -0.39 is 15.9 Å². The quantitative estimate of drug-likeness (QED) is 0.348. The summed E-state index contributed by atoms with van der Waals surface area (Å²) in [6, 6.07) is 19.6. The van der Waals surface area contributed by atoms with E-state index >= 15 is 0 Å². The smallest absolute Gasteiger partial charge is 0.281 e. The van der Waals surface area contributed by atoms with Crippen molar-refractivity contribution >= 4 is 21.7 Å². The summed E-state index contributed by atoms with van der Waals surface area (Å²) in [5.74, 6) is -0.291. The summed E-state index contributed by atoms with van der Waals surface area (Å²) < 4.78 is 33.9. The van der Waals surface area contributed by atoms with E-state index in [0.717, 1.165) is 34.2 Å². The Morgan fingerprint density at radius 2 is 1.59 bits per heavy atom. The highest BCUT2D eigenvalue weighted by atomic mass is 32.2. The van der Waals surface area contributed by atoms with Crippen LogP contribution in [0.1, 0.15) is 38.2 Å². The summed E-state index contributed by atoms with van der Waals surface area (Å²) in [4.78, 5) is 21.5. The molecule has 2 aromatic carbocycles. The highest BCUT2D eigenvalue weighted by Crippen LogP contribution is 2.31. The van der Waals surface area contributed by atoms with Gasteiger partial charge in [-0.05, 0) is 74.1 Å². The first-order valence-electron chi connectivity index (χ1n) is 11.7. The number of benzene rings is 2. The fourth-order valence-corrected chi connectivity index (χ4v) is 4.99. The number of carbonyl (C=O) groups excluding carboxylic acids is 1. The predicted molar refractivity (Wildman–Crippen MR) is 142 cm³/mol. The molecule has 0 aliphatic heterocycles. The van der Waals surface area contributed by atoms with Crippen molar-refractivity contribution in [2.75, 3.05) is 5.73 Å². The number of nitrogens with zero attached hydrogens (tertiary/aromatic N) is 2. The number of nitrogens with one attached hydrogen (secondary N) is 1. The van der Waals surface area contributed by atoms with E-state index in [-0.39, 0.29) is 22.3 Å². The molecule has 0 atom stereocenters. The van der Waals surface area contributed by atoms with Crippen LogP contribution >= 0.6 is 0 Å². The SMILES string of the molecule is Cc1cc(C)c(Oc2ncc(CCc3ccccc3)cc2C(=O)NS(=O)(=O)c2cccc(N)n2)c(C)c1. The van der Waals surface area contributed by atoms with Gasteiger partial charge in [0.1, 0.15) is 17.1 Å². The minimum absolute atomic E-state index is 0.00239. The van der Waals surface area contributed by atoms with Crippen molar-refractivity contribution in [3.05, 3.63) is 106 Å². The Balaban J connectivity index is 1.68. The van der Waals surface area contributed by atoms with E-state index in [1.807, 2.05) is 63.2 Å². The van der Waals surface area contributed by atoms with Crippen molar-refractivity contribution in [2.24, 2.45) is 0 Å². The molecule has 0 bridgehead atoms. The van der Waals surface area contributed by atoms with E-state index in [9.17, 15) is 13.2 Å². The molecule has 3 N–H and O–H groups in total. The number of nitrogens with two attached hydrogens (primary N) is 1. The van der Waals surface area contributed by atoms with Crippen molar-refractivity contribution in [1.29, 1.82) is 0 Å². The standard InChI is InChI=1S/C28H28N4O4S/c1-18-14-19(2)26(20(3)15-18)36-28-23(16-22(17-30-28)13-12-21-8-5-4-6-9-21)27(33)32-37(34,35)25-11-7-10-24(29)31-25/h4-11,14-17H,12-13H2,1-3H3,(H2,29,31)(H,32,33). The molecule has 0 fully saturated rings. The molecule has 9 heteroatoms. The third kappa shape index (κ3) is 6.31. The monoisotopic (exact) mass is 516 g/mol. The van der Waals surface area contributed by atoms with Crippen molar-refractivity contribution in [3.63, 3.8) is 0 Å². The Morgan fingerprint density at radius 3 is 2.27 bits per heavy atom. The van der Waals surface area contributed by atoms with Crippen LogP contribution in [-0.2, 0) is 22.9 Å². The molecule has 2 heterocycles. The third-order valence-electron chi connectivity index (χ3n) is 5.75. The largest absolute Gasteiger partial charge is 0.438 e. The van der Waals surface area contributed by atoms with Gasteiger partial charge in [0, 0.05) is 6.20 Å². The highest BCUT2D eigenvalue weighted by Gasteiger charge is 2.24. The second-order valence-corrected chi connectivity index (χ2v) is 10.5. The molecule has 0 spiro atoms. The number of aryl methyl sites for hydroxylation is 5. The van der Waals surface area contributed by atoms with Crippen molar-refractivity contribution in [3.8, 4) is 11.6 Å². The van der Waals surface area contributed by atoms with Gasteiger partial charge in [-0.15, -0.1) is 0 Å². The molecule has 0 radical (unpaired) electrons. The van der Waals surface area contributed by atoms with Gasteiger partial charge in [-0.2, -0.15) is 8.42 Å². The number of nitrogen functional groups attached to an aromatic ring is 1. The Hall–Kier alpha value is -4.24. The zero-order valence-corrected chi connectivity index (χ0v) is 21.7. The van der Waals surface area contributed by atoms with Gasteiger partial charge in [0.2, 0.25) is 5.88 Å². The summed E-state index contributed by atoms with van der Waals surface area (Å²) in [6.07, 6.45) is 2.97. The van der Waals surface area contributed by atoms with Gasteiger partial charge in [0.05, 0.1) is 0 Å². The lowest BCUT2D eigenvalue weighted by atomic mass is 10.0. The summed E-state index contributed by atoms with van der Waals surface area (Å²) in [5, 5.41) is -0.360. The molecule has 0 aliphatic carbocycles. The minimum Gasteiger partial charge on any atom is -0.438 e. The first kappa shape index (κ1) is 25.8. The fraction of sp³-hybridized carbons (Fsp3) is 0.179. The molecule has 0 saturated heterocycles. The molecular weight excluding hydrogens is 488 g/mol. The van der Waals surface area contributed by atoms with E-state index in [4.69, 9.17) is 10.5 Å². The number of anilines is 1. The maximum Gasteiger partial charge on any atom is 0.281 e. The Morgan fingerprint density at radius 1 is 0.919 bits per heavy atom. The third-order valence-corrected chi connectivity index (χ3v) is 6.98. The van der Waals surface area contributed by atoms with Crippen LogP contribution in [0.15, 0.2) is 78.0 Å². The molecule has 4 aromatic rings. The van der Waals surface area contributed by atoms with Crippen LogP contribution in [0.2, 0.25) is 0 Å². The summed E-state index contributed by atoms with van der Waals surface area (Å²) in [6.45, 7) is 5.79. The van der Waals surface area contributed by atoms with Crippen molar-refractivity contribution in [2.45, 2.75) is 38.6 Å². The second-order valence-electron chi connectivity index (χ2n) is 8.85. The number of hydrogen-bond acceptors (Lipinski definition) is 7. The number of amides is 1. The van der Waals surface area contributed by atoms with Gasteiger partial charge in [0.15, 0.2) is 5.03 Å². The lowest BCUT2D eigenvalue weighted by molar-refractivity contribution is 0.0978. The Labute approximate surface area is 216 Å². The van der Waals surface area contributed by atoms with Gasteiger partial charge in [-0.3, -0.25) is 4.79 Å². The summed E-state index contributed by atoms with van der Waals surface area (Å²) in [5.41, 5.74) is 10.3. The molecule has 0 aliphatic rings. The number of sulfonamides is 1. The van der Waals surface area contributed by atoms with Crippen LogP contribution in [0.4, 0.5) is 5.82 Å². The Kier molecular flexibility index (Phi) is 7.54. The maximum atomic E-state index is 13.3. The number of ether oxygens (including phenoxy) is 1. The molecule has 0 saturated carbocycles. The van der Waals surface area contributed by atoms with E-state index in [1.54, 1.807) is 12.3 Å². The first-order valence-corrected chi connectivity index (χ1v) is 13.2. The normalized spacial score (nSPS) is 11.2. The molecular formula is C28H28N4O4S. The van der Waals surface area contributed by atoms with Crippen LogP contribution in [0.25, 0.3) is 0 Å². The van der Waals surface area contributed by atoms with Crippen LogP contribution in [0, 0.1) is 20.8 Å².